The molecule has 128 valence electrons. The molecule has 2 aromatic carbocycles. The summed E-state index contributed by atoms with van der Waals surface area (Å²) in [6.07, 6.45) is 1.64. The van der Waals surface area contributed by atoms with Gasteiger partial charge in [-0.15, -0.1) is 0 Å². The van der Waals surface area contributed by atoms with Crippen molar-refractivity contribution < 1.29 is 19.1 Å². The molecular formula is C18H16N2O5. The van der Waals surface area contributed by atoms with Crippen molar-refractivity contribution in [2.75, 3.05) is 21.3 Å². The minimum Gasteiger partial charge on any atom is -0.493 e. The van der Waals surface area contributed by atoms with Crippen LogP contribution in [0.5, 0.6) is 17.2 Å². The molecule has 0 N–H and O–H groups in total. The van der Waals surface area contributed by atoms with Gasteiger partial charge in [0.05, 0.1) is 37.9 Å². The van der Waals surface area contributed by atoms with Crippen molar-refractivity contribution in [2.24, 2.45) is 0 Å². The van der Waals surface area contributed by atoms with Gasteiger partial charge in [-0.25, -0.2) is 0 Å². The second-order valence-corrected chi connectivity index (χ2v) is 4.93. The first-order valence-corrected chi connectivity index (χ1v) is 7.20. The Hall–Kier alpha value is -3.53. The van der Waals surface area contributed by atoms with E-state index < -0.39 is 4.92 Å². The first kappa shape index (κ1) is 17.8. The van der Waals surface area contributed by atoms with Gasteiger partial charge in [-0.2, -0.15) is 5.26 Å². The quantitative estimate of drug-likeness (QED) is 0.344. The summed E-state index contributed by atoms with van der Waals surface area (Å²) in [6.45, 7) is 0. The van der Waals surface area contributed by atoms with Crippen molar-refractivity contribution in [1.82, 2.24) is 0 Å². The van der Waals surface area contributed by atoms with Crippen LogP contribution in [0.2, 0.25) is 0 Å². The SMILES string of the molecule is COc1cc(/C=C(/C#N)c2ccc([N+](=O)[O-])cc2)cc(OC)c1OC. The molecule has 0 saturated carbocycles. The maximum atomic E-state index is 10.7. The van der Waals surface area contributed by atoms with Gasteiger partial charge in [-0.05, 0) is 41.5 Å². The summed E-state index contributed by atoms with van der Waals surface area (Å²) >= 11 is 0. The molecule has 2 rings (SSSR count). The second kappa shape index (κ2) is 7.84. The van der Waals surface area contributed by atoms with E-state index in [4.69, 9.17) is 14.2 Å². The summed E-state index contributed by atoms with van der Waals surface area (Å²) in [5.74, 6) is 1.39. The summed E-state index contributed by atoms with van der Waals surface area (Å²) in [5.41, 5.74) is 1.56. The lowest BCUT2D eigenvalue weighted by Crippen LogP contribution is -1.95. The Kier molecular flexibility index (Phi) is 5.58. The largest absolute Gasteiger partial charge is 0.493 e. The van der Waals surface area contributed by atoms with Crippen LogP contribution >= 0.6 is 0 Å². The van der Waals surface area contributed by atoms with Crippen molar-refractivity contribution in [3.05, 3.63) is 57.6 Å². The van der Waals surface area contributed by atoms with Crippen molar-refractivity contribution in [2.45, 2.75) is 0 Å². The zero-order valence-corrected chi connectivity index (χ0v) is 14.0. The molecule has 0 spiro atoms. The highest BCUT2D eigenvalue weighted by Gasteiger charge is 2.13. The summed E-state index contributed by atoms with van der Waals surface area (Å²) in [4.78, 5) is 10.2. The molecule has 7 nitrogen and oxygen atoms in total. The predicted molar refractivity (Wildman–Crippen MR) is 92.7 cm³/mol. The first-order chi connectivity index (χ1) is 12.0. The molecule has 0 fully saturated rings. The molecule has 2 aromatic rings. The number of nitriles is 1. The monoisotopic (exact) mass is 340 g/mol. The molecule has 0 amide bonds. The van der Waals surface area contributed by atoms with Crippen LogP contribution in [0.4, 0.5) is 5.69 Å². The van der Waals surface area contributed by atoms with Crippen LogP contribution in [-0.4, -0.2) is 26.3 Å². The summed E-state index contributed by atoms with van der Waals surface area (Å²) in [7, 11) is 4.52. The van der Waals surface area contributed by atoms with Crippen LogP contribution in [0, 0.1) is 21.4 Å². The predicted octanol–water partition coefficient (Wildman–Crippen LogP) is 3.68. The number of benzene rings is 2. The van der Waals surface area contributed by atoms with Crippen LogP contribution in [0.25, 0.3) is 11.6 Å². The van der Waals surface area contributed by atoms with Crippen LogP contribution in [0.3, 0.4) is 0 Å². The molecule has 0 heterocycles. The highest BCUT2D eigenvalue weighted by molar-refractivity contribution is 5.90. The van der Waals surface area contributed by atoms with Gasteiger partial charge in [0.25, 0.3) is 5.69 Å². The Balaban J connectivity index is 2.49. The van der Waals surface area contributed by atoms with E-state index in [0.29, 0.717) is 33.9 Å². The van der Waals surface area contributed by atoms with Crippen molar-refractivity contribution in [1.29, 1.82) is 5.26 Å². The van der Waals surface area contributed by atoms with Crippen LogP contribution in [0.15, 0.2) is 36.4 Å². The molecule has 25 heavy (non-hydrogen) atoms. The lowest BCUT2D eigenvalue weighted by molar-refractivity contribution is -0.384. The molecule has 0 bridgehead atoms. The average Bonchev–Trinajstić information content (AvgIpc) is 2.65. The highest BCUT2D eigenvalue weighted by Crippen LogP contribution is 2.39. The summed E-state index contributed by atoms with van der Waals surface area (Å²) in [6, 6.07) is 11.3. The number of ether oxygens (including phenoxy) is 3. The number of nitrogens with zero attached hydrogens (tertiary/aromatic N) is 2. The Labute approximate surface area is 144 Å². The van der Waals surface area contributed by atoms with E-state index in [1.807, 2.05) is 0 Å². The van der Waals surface area contributed by atoms with Gasteiger partial charge in [0.2, 0.25) is 5.75 Å². The highest BCUT2D eigenvalue weighted by atomic mass is 16.6. The van der Waals surface area contributed by atoms with Crippen molar-refractivity contribution in [3.8, 4) is 23.3 Å². The van der Waals surface area contributed by atoms with E-state index in [0.717, 1.165) is 0 Å². The smallest absolute Gasteiger partial charge is 0.269 e. The van der Waals surface area contributed by atoms with E-state index in [1.54, 1.807) is 18.2 Å². The maximum Gasteiger partial charge on any atom is 0.269 e. The average molecular weight is 340 g/mol. The molecule has 0 saturated heterocycles. The third kappa shape index (κ3) is 3.87. The van der Waals surface area contributed by atoms with Gasteiger partial charge in [-0.1, -0.05) is 0 Å². The Morgan fingerprint density at radius 1 is 1.08 bits per heavy atom. The number of nitro groups is 1. The number of hydrogen-bond acceptors (Lipinski definition) is 6. The zero-order valence-electron chi connectivity index (χ0n) is 14.0. The Morgan fingerprint density at radius 3 is 2.04 bits per heavy atom. The molecule has 0 aliphatic rings. The number of hydrogen-bond donors (Lipinski definition) is 0. The normalized spacial score (nSPS) is 10.7. The molecule has 0 aromatic heterocycles. The standard InChI is InChI=1S/C18H16N2O5/c1-23-16-9-12(10-17(24-2)18(16)25-3)8-14(11-19)13-4-6-15(7-5-13)20(21)22/h4-10H,1-3H3/b14-8-. The van der Waals surface area contributed by atoms with Gasteiger partial charge >= 0.3 is 0 Å². The maximum absolute atomic E-state index is 10.7. The van der Waals surface area contributed by atoms with Gasteiger partial charge in [0.15, 0.2) is 11.5 Å². The molecule has 0 aliphatic carbocycles. The third-order valence-electron chi connectivity index (χ3n) is 3.51. The number of allylic oxidation sites excluding steroid dienone is 1. The van der Waals surface area contributed by atoms with Gasteiger partial charge in [0.1, 0.15) is 0 Å². The fraction of sp³-hybridized carbons (Fsp3) is 0.167. The molecule has 0 atom stereocenters. The van der Waals surface area contributed by atoms with E-state index in [-0.39, 0.29) is 5.69 Å². The van der Waals surface area contributed by atoms with E-state index in [9.17, 15) is 15.4 Å². The topological polar surface area (TPSA) is 94.6 Å². The zero-order chi connectivity index (χ0) is 18.4. The van der Waals surface area contributed by atoms with Crippen molar-refractivity contribution in [3.63, 3.8) is 0 Å². The number of non-ortho nitro benzene ring substituents is 1. The second-order valence-electron chi connectivity index (χ2n) is 4.93. The minimum absolute atomic E-state index is 0.0335. The van der Waals surface area contributed by atoms with E-state index >= 15 is 0 Å². The van der Waals surface area contributed by atoms with E-state index in [1.165, 1.54) is 45.6 Å². The van der Waals surface area contributed by atoms with Crippen LogP contribution in [-0.2, 0) is 0 Å². The first-order valence-electron chi connectivity index (χ1n) is 7.20. The number of nitro benzene ring substituents is 1. The lowest BCUT2D eigenvalue weighted by atomic mass is 10.0. The molecule has 0 aliphatic heterocycles. The third-order valence-corrected chi connectivity index (χ3v) is 3.51. The van der Waals surface area contributed by atoms with Gasteiger partial charge in [0, 0.05) is 12.1 Å². The summed E-state index contributed by atoms with van der Waals surface area (Å²) in [5, 5.41) is 20.2. The van der Waals surface area contributed by atoms with Crippen LogP contribution in [0.1, 0.15) is 11.1 Å². The lowest BCUT2D eigenvalue weighted by Gasteiger charge is -2.13. The number of methoxy groups -OCH3 is 3. The minimum atomic E-state index is -0.487. The fourth-order valence-electron chi connectivity index (χ4n) is 2.29. The van der Waals surface area contributed by atoms with Crippen LogP contribution < -0.4 is 14.2 Å². The van der Waals surface area contributed by atoms with Crippen molar-refractivity contribution >= 4 is 17.3 Å². The van der Waals surface area contributed by atoms with Gasteiger partial charge < -0.3 is 14.2 Å². The van der Waals surface area contributed by atoms with Gasteiger partial charge in [-0.3, -0.25) is 10.1 Å². The molecule has 7 heteroatoms. The Bertz CT molecular complexity index is 826. The molecular weight excluding hydrogens is 324 g/mol. The van der Waals surface area contributed by atoms with E-state index in [2.05, 4.69) is 6.07 Å². The summed E-state index contributed by atoms with van der Waals surface area (Å²) < 4.78 is 15.8. The fourth-order valence-corrected chi connectivity index (χ4v) is 2.29. The molecule has 0 radical (unpaired) electrons. The number of rotatable bonds is 6. The molecule has 0 unspecified atom stereocenters. The Morgan fingerprint density at radius 2 is 1.64 bits per heavy atom.